The van der Waals surface area contributed by atoms with Crippen LogP contribution in [0.25, 0.3) is 10.6 Å². The topological polar surface area (TPSA) is 82.3 Å². The standard InChI is InChI=1S/C16H16N2O3S/c1-9-6-13(9)16(20)21-7-12-8-22-15(18-12)11-4-2-10(3-5-11)14(17)19/h2-5,8-9,13H,6-7H2,1H3,(H2,17,19)/t9-,13+/m1/s1. The Hall–Kier alpha value is -2.21. The van der Waals surface area contributed by atoms with Crippen LogP contribution < -0.4 is 5.73 Å². The largest absolute Gasteiger partial charge is 0.459 e. The molecular weight excluding hydrogens is 300 g/mol. The molecule has 5 nitrogen and oxygen atoms in total. The number of hydrogen-bond donors (Lipinski definition) is 1. The highest BCUT2D eigenvalue weighted by molar-refractivity contribution is 7.13. The number of nitrogens with zero attached hydrogens (tertiary/aromatic N) is 1. The zero-order chi connectivity index (χ0) is 15.7. The molecular formula is C16H16N2O3S. The van der Waals surface area contributed by atoms with Crippen LogP contribution in [0.15, 0.2) is 29.6 Å². The summed E-state index contributed by atoms with van der Waals surface area (Å²) in [7, 11) is 0. The summed E-state index contributed by atoms with van der Waals surface area (Å²) in [5, 5.41) is 2.70. The van der Waals surface area contributed by atoms with Gasteiger partial charge in [-0.1, -0.05) is 19.1 Å². The van der Waals surface area contributed by atoms with Gasteiger partial charge in [0.25, 0.3) is 0 Å². The number of benzene rings is 1. The quantitative estimate of drug-likeness (QED) is 0.860. The average molecular weight is 316 g/mol. The van der Waals surface area contributed by atoms with Gasteiger partial charge in [0, 0.05) is 16.5 Å². The number of amides is 1. The molecule has 1 aliphatic carbocycles. The van der Waals surface area contributed by atoms with Crippen molar-refractivity contribution in [2.24, 2.45) is 17.6 Å². The maximum Gasteiger partial charge on any atom is 0.309 e. The molecule has 1 aromatic heterocycles. The number of aromatic nitrogens is 1. The molecule has 22 heavy (non-hydrogen) atoms. The number of carbonyl (C=O) groups is 2. The Kier molecular flexibility index (Phi) is 3.94. The molecule has 2 N–H and O–H groups in total. The van der Waals surface area contributed by atoms with Gasteiger partial charge in [-0.25, -0.2) is 4.98 Å². The Balaban J connectivity index is 1.63. The van der Waals surface area contributed by atoms with E-state index in [1.165, 1.54) is 11.3 Å². The van der Waals surface area contributed by atoms with E-state index < -0.39 is 5.91 Å². The second-order valence-corrected chi connectivity index (χ2v) is 6.37. The Morgan fingerprint density at radius 2 is 2.05 bits per heavy atom. The fourth-order valence-corrected chi connectivity index (χ4v) is 3.00. The lowest BCUT2D eigenvalue weighted by Crippen LogP contribution is -2.10. The third-order valence-corrected chi connectivity index (χ3v) is 4.68. The molecule has 2 aromatic rings. The Morgan fingerprint density at radius 1 is 1.36 bits per heavy atom. The summed E-state index contributed by atoms with van der Waals surface area (Å²) in [6, 6.07) is 6.96. The van der Waals surface area contributed by atoms with Gasteiger partial charge in [-0.2, -0.15) is 0 Å². The molecule has 2 atom stereocenters. The van der Waals surface area contributed by atoms with Crippen molar-refractivity contribution in [3.63, 3.8) is 0 Å². The van der Waals surface area contributed by atoms with Crippen LogP contribution in [0.4, 0.5) is 0 Å². The average Bonchev–Trinajstić information content (AvgIpc) is 3.06. The van der Waals surface area contributed by atoms with Crippen LogP contribution in [0.5, 0.6) is 0 Å². The molecule has 6 heteroatoms. The first-order valence-electron chi connectivity index (χ1n) is 7.06. The predicted molar refractivity (Wildman–Crippen MR) is 83.1 cm³/mol. The summed E-state index contributed by atoms with van der Waals surface area (Å²) < 4.78 is 5.27. The Bertz CT molecular complexity index is 708. The maximum absolute atomic E-state index is 11.7. The fraction of sp³-hybridized carbons (Fsp3) is 0.312. The van der Waals surface area contributed by atoms with Crippen molar-refractivity contribution in [1.29, 1.82) is 0 Å². The van der Waals surface area contributed by atoms with E-state index in [0.29, 0.717) is 11.5 Å². The van der Waals surface area contributed by atoms with Crippen molar-refractivity contribution in [2.75, 3.05) is 0 Å². The second kappa shape index (κ2) is 5.88. The van der Waals surface area contributed by atoms with Crippen molar-refractivity contribution in [3.8, 4) is 10.6 Å². The van der Waals surface area contributed by atoms with Gasteiger partial charge in [0.2, 0.25) is 5.91 Å². The number of primary amides is 1. The van der Waals surface area contributed by atoms with Gasteiger partial charge in [0.1, 0.15) is 11.6 Å². The molecule has 1 saturated carbocycles. The minimum Gasteiger partial charge on any atom is -0.459 e. The molecule has 0 aliphatic heterocycles. The van der Waals surface area contributed by atoms with Crippen molar-refractivity contribution in [2.45, 2.75) is 20.0 Å². The lowest BCUT2D eigenvalue weighted by Gasteiger charge is -2.01. The maximum atomic E-state index is 11.7. The number of carbonyl (C=O) groups excluding carboxylic acids is 2. The van der Waals surface area contributed by atoms with Crippen LogP contribution in [0.3, 0.4) is 0 Å². The van der Waals surface area contributed by atoms with Gasteiger partial charge in [-0.3, -0.25) is 9.59 Å². The zero-order valence-corrected chi connectivity index (χ0v) is 12.9. The SMILES string of the molecule is C[C@@H]1C[C@@H]1C(=O)OCc1csc(-c2ccc(C(N)=O)cc2)n1. The van der Waals surface area contributed by atoms with E-state index in [-0.39, 0.29) is 18.5 Å². The summed E-state index contributed by atoms with van der Waals surface area (Å²) in [6.07, 6.45) is 0.924. The normalized spacial score (nSPS) is 19.7. The van der Waals surface area contributed by atoms with Gasteiger partial charge in [-0.05, 0) is 24.5 Å². The zero-order valence-electron chi connectivity index (χ0n) is 12.1. The molecule has 0 radical (unpaired) electrons. The third kappa shape index (κ3) is 3.17. The molecule has 114 valence electrons. The number of hydrogen-bond acceptors (Lipinski definition) is 5. The second-order valence-electron chi connectivity index (χ2n) is 5.51. The molecule has 3 rings (SSSR count). The summed E-state index contributed by atoms with van der Waals surface area (Å²) in [5.74, 6) is -0.0674. The molecule has 0 spiro atoms. The first-order valence-corrected chi connectivity index (χ1v) is 7.94. The molecule has 0 bridgehead atoms. The third-order valence-electron chi connectivity index (χ3n) is 3.74. The highest BCUT2D eigenvalue weighted by atomic mass is 32.1. The smallest absolute Gasteiger partial charge is 0.309 e. The summed E-state index contributed by atoms with van der Waals surface area (Å²) in [6.45, 7) is 2.25. The summed E-state index contributed by atoms with van der Waals surface area (Å²) in [5.41, 5.74) is 7.32. The predicted octanol–water partition coefficient (Wildman–Crippen LogP) is 2.61. The molecule has 1 heterocycles. The number of ether oxygens (including phenoxy) is 1. The van der Waals surface area contributed by atoms with E-state index in [9.17, 15) is 9.59 Å². The number of nitrogens with two attached hydrogens (primary N) is 1. The van der Waals surface area contributed by atoms with Crippen LogP contribution >= 0.6 is 11.3 Å². The van der Waals surface area contributed by atoms with Gasteiger partial charge in [-0.15, -0.1) is 11.3 Å². The molecule has 0 saturated heterocycles. The molecule has 1 amide bonds. The fourth-order valence-electron chi connectivity index (χ4n) is 2.19. The minimum absolute atomic E-state index is 0.0689. The number of rotatable bonds is 5. The van der Waals surface area contributed by atoms with Crippen LogP contribution in [0.2, 0.25) is 0 Å². The molecule has 0 unspecified atom stereocenters. The highest BCUT2D eigenvalue weighted by Crippen LogP contribution is 2.38. The van der Waals surface area contributed by atoms with Gasteiger partial charge in [0.05, 0.1) is 11.6 Å². The Labute approximate surface area is 132 Å². The highest BCUT2D eigenvalue weighted by Gasteiger charge is 2.40. The van der Waals surface area contributed by atoms with Crippen molar-refractivity contribution < 1.29 is 14.3 Å². The molecule has 1 fully saturated rings. The van der Waals surface area contributed by atoms with Gasteiger partial charge >= 0.3 is 5.97 Å². The first-order chi connectivity index (χ1) is 10.5. The minimum atomic E-state index is -0.451. The van der Waals surface area contributed by atoms with Crippen molar-refractivity contribution >= 4 is 23.2 Å². The molecule has 1 aliphatic rings. The number of esters is 1. The van der Waals surface area contributed by atoms with E-state index in [4.69, 9.17) is 10.5 Å². The van der Waals surface area contributed by atoms with E-state index in [0.717, 1.165) is 22.7 Å². The van der Waals surface area contributed by atoms with Crippen LogP contribution in [0, 0.1) is 11.8 Å². The van der Waals surface area contributed by atoms with E-state index >= 15 is 0 Å². The molecule has 1 aromatic carbocycles. The monoisotopic (exact) mass is 316 g/mol. The van der Waals surface area contributed by atoms with E-state index in [1.807, 2.05) is 12.3 Å². The Morgan fingerprint density at radius 3 is 2.64 bits per heavy atom. The van der Waals surface area contributed by atoms with Gasteiger partial charge < -0.3 is 10.5 Å². The van der Waals surface area contributed by atoms with Crippen molar-refractivity contribution in [3.05, 3.63) is 40.9 Å². The van der Waals surface area contributed by atoms with Crippen LogP contribution in [0.1, 0.15) is 29.4 Å². The van der Waals surface area contributed by atoms with Crippen molar-refractivity contribution in [1.82, 2.24) is 4.98 Å². The lowest BCUT2D eigenvalue weighted by atomic mass is 10.1. The summed E-state index contributed by atoms with van der Waals surface area (Å²) >= 11 is 1.47. The van der Waals surface area contributed by atoms with E-state index in [2.05, 4.69) is 4.98 Å². The lowest BCUT2D eigenvalue weighted by molar-refractivity contribution is -0.146. The van der Waals surface area contributed by atoms with E-state index in [1.54, 1.807) is 24.3 Å². The summed E-state index contributed by atoms with van der Waals surface area (Å²) in [4.78, 5) is 27.2. The number of thiazole rings is 1. The first kappa shape index (κ1) is 14.7. The van der Waals surface area contributed by atoms with Gasteiger partial charge in [0.15, 0.2) is 0 Å². The van der Waals surface area contributed by atoms with Crippen LogP contribution in [-0.4, -0.2) is 16.9 Å². The van der Waals surface area contributed by atoms with Crippen LogP contribution in [-0.2, 0) is 16.1 Å².